The summed E-state index contributed by atoms with van der Waals surface area (Å²) in [6.07, 6.45) is -7.92. The second-order valence-electron chi connectivity index (χ2n) is 4.35. The highest BCUT2D eigenvalue weighted by Gasteiger charge is 2.44. The predicted octanol–water partition coefficient (Wildman–Crippen LogP) is 5.58. The topological polar surface area (TPSA) is 9.23 Å². The van der Waals surface area contributed by atoms with Crippen LogP contribution in [0.5, 0.6) is 5.75 Å². The van der Waals surface area contributed by atoms with Crippen molar-refractivity contribution >= 4 is 11.6 Å². The van der Waals surface area contributed by atoms with Gasteiger partial charge in [-0.2, -0.15) is 22.0 Å². The number of halogens is 8. The van der Waals surface area contributed by atoms with E-state index in [1.165, 1.54) is 18.2 Å². The Balaban J connectivity index is 2.55. The summed E-state index contributed by atoms with van der Waals surface area (Å²) in [5, 5.41) is -1.52. The van der Waals surface area contributed by atoms with Crippen LogP contribution in [-0.4, -0.2) is 6.18 Å². The maximum atomic E-state index is 13.6. The van der Waals surface area contributed by atoms with E-state index in [9.17, 15) is 30.7 Å². The highest BCUT2D eigenvalue weighted by Crippen LogP contribution is 2.40. The number of rotatable bonds is 3. The largest absolute Gasteiger partial charge is 0.470 e. The highest BCUT2D eigenvalue weighted by molar-refractivity contribution is 6.30. The molecule has 0 aliphatic rings. The van der Waals surface area contributed by atoms with Crippen molar-refractivity contribution < 1.29 is 35.5 Å². The van der Waals surface area contributed by atoms with E-state index in [0.717, 1.165) is 12.1 Å². The number of ether oxygens (including phenoxy) is 1. The highest BCUT2D eigenvalue weighted by atomic mass is 35.5. The molecule has 1 unspecified atom stereocenters. The zero-order valence-corrected chi connectivity index (χ0v) is 11.7. The number of hydrogen-bond acceptors (Lipinski definition) is 1. The molecule has 2 aromatic carbocycles. The van der Waals surface area contributed by atoms with E-state index >= 15 is 0 Å². The summed E-state index contributed by atoms with van der Waals surface area (Å²) >= 11 is 5.00. The van der Waals surface area contributed by atoms with Gasteiger partial charge in [-0.15, -0.1) is 0 Å². The molecule has 9 heteroatoms. The van der Waals surface area contributed by atoms with E-state index < -0.39 is 51.9 Å². The molecule has 1 atom stereocenters. The first kappa shape index (κ1) is 17.4. The summed E-state index contributed by atoms with van der Waals surface area (Å²) in [5.41, 5.74) is -0.505. The molecule has 0 bridgehead atoms. The second-order valence-corrected chi connectivity index (χ2v) is 4.73. The molecule has 0 aliphatic carbocycles. The van der Waals surface area contributed by atoms with Crippen molar-refractivity contribution in [1.29, 1.82) is 0 Å². The van der Waals surface area contributed by atoms with Crippen LogP contribution in [0.15, 0.2) is 30.3 Å². The molecule has 2 rings (SSSR count). The van der Waals surface area contributed by atoms with Gasteiger partial charge in [0.15, 0.2) is 17.4 Å². The van der Waals surface area contributed by atoms with E-state index in [0.29, 0.717) is 0 Å². The lowest BCUT2D eigenvalue weighted by Gasteiger charge is -2.23. The molecule has 0 saturated carbocycles. The summed E-state index contributed by atoms with van der Waals surface area (Å²) in [6.45, 7) is 0. The molecule has 0 N–H and O–H groups in total. The Kier molecular flexibility index (Phi) is 4.74. The second kappa shape index (κ2) is 6.27. The number of alkyl halides is 3. The van der Waals surface area contributed by atoms with E-state index in [1.807, 2.05) is 0 Å². The van der Waals surface area contributed by atoms with Crippen molar-refractivity contribution in [3.63, 3.8) is 0 Å². The van der Waals surface area contributed by atoms with Gasteiger partial charge in [0.1, 0.15) is 5.02 Å². The lowest BCUT2D eigenvalue weighted by molar-refractivity contribution is -0.199. The van der Waals surface area contributed by atoms with E-state index in [4.69, 9.17) is 11.6 Å². The van der Waals surface area contributed by atoms with Crippen LogP contribution in [0.3, 0.4) is 0 Å². The minimum atomic E-state index is -5.09. The van der Waals surface area contributed by atoms with Crippen molar-refractivity contribution in [2.75, 3.05) is 0 Å². The quantitative estimate of drug-likeness (QED) is 0.395. The first-order valence-corrected chi connectivity index (χ1v) is 6.32. The molecule has 2 aromatic rings. The van der Waals surface area contributed by atoms with Gasteiger partial charge in [-0.25, -0.2) is 8.78 Å². The van der Waals surface area contributed by atoms with Crippen LogP contribution in [0.4, 0.5) is 30.7 Å². The van der Waals surface area contributed by atoms with Gasteiger partial charge in [-0.05, 0) is 0 Å². The Morgan fingerprint density at radius 2 is 1.30 bits per heavy atom. The molecule has 0 radical (unpaired) electrons. The van der Waals surface area contributed by atoms with Gasteiger partial charge in [0.05, 0.1) is 0 Å². The van der Waals surface area contributed by atoms with Crippen molar-refractivity contribution in [3.8, 4) is 5.75 Å². The van der Waals surface area contributed by atoms with Crippen LogP contribution in [0, 0.1) is 23.3 Å². The van der Waals surface area contributed by atoms with Crippen molar-refractivity contribution in [3.05, 3.63) is 64.2 Å². The molecule has 0 saturated heterocycles. The third kappa shape index (κ3) is 3.36. The minimum absolute atomic E-state index is 0.505. The van der Waals surface area contributed by atoms with Gasteiger partial charge in [-0.3, -0.25) is 0 Å². The van der Waals surface area contributed by atoms with Gasteiger partial charge >= 0.3 is 6.18 Å². The van der Waals surface area contributed by atoms with Gasteiger partial charge < -0.3 is 4.74 Å². The molecular formula is C14H6ClF7O. The van der Waals surface area contributed by atoms with Crippen LogP contribution in [-0.2, 0) is 0 Å². The zero-order valence-electron chi connectivity index (χ0n) is 10.9. The molecule has 0 fully saturated rings. The molecule has 0 aliphatic heterocycles. The maximum Gasteiger partial charge on any atom is 0.429 e. The summed E-state index contributed by atoms with van der Waals surface area (Å²) in [4.78, 5) is 0. The number of hydrogen-bond donors (Lipinski definition) is 0. The molecular weight excluding hydrogens is 353 g/mol. The molecule has 0 aromatic heterocycles. The molecule has 0 spiro atoms. The predicted molar refractivity (Wildman–Crippen MR) is 67.2 cm³/mol. The van der Waals surface area contributed by atoms with Crippen LogP contribution in [0.2, 0.25) is 5.02 Å². The Hall–Kier alpha value is -1.96. The lowest BCUT2D eigenvalue weighted by atomic mass is 10.1. The summed E-state index contributed by atoms with van der Waals surface area (Å²) < 4.78 is 97.2. The van der Waals surface area contributed by atoms with Gasteiger partial charge in [-0.1, -0.05) is 41.9 Å². The van der Waals surface area contributed by atoms with Crippen LogP contribution < -0.4 is 4.74 Å². The zero-order chi connectivity index (χ0) is 17.4. The van der Waals surface area contributed by atoms with Crippen LogP contribution >= 0.6 is 11.6 Å². The lowest BCUT2D eigenvalue weighted by Crippen LogP contribution is -2.27. The number of benzene rings is 2. The minimum Gasteiger partial charge on any atom is -0.470 e. The van der Waals surface area contributed by atoms with Crippen molar-refractivity contribution in [2.45, 2.75) is 12.3 Å². The fourth-order valence-electron chi connectivity index (χ4n) is 1.76. The standard InChI is InChI=1S/C14H6ClF7O/c15-7-8(16)10(18)12(11(19)9(7)17)23-13(14(20,21)22)6-4-2-1-3-5-6/h1-5,13H. The molecule has 23 heavy (non-hydrogen) atoms. The van der Waals surface area contributed by atoms with Crippen LogP contribution in [0.1, 0.15) is 11.7 Å². The summed E-state index contributed by atoms with van der Waals surface area (Å²) in [7, 11) is 0. The molecule has 0 amide bonds. The Morgan fingerprint density at radius 3 is 1.74 bits per heavy atom. The third-order valence-corrected chi connectivity index (χ3v) is 3.14. The monoisotopic (exact) mass is 358 g/mol. The van der Waals surface area contributed by atoms with E-state index in [2.05, 4.69) is 4.74 Å². The SMILES string of the molecule is Fc1c(F)c(OC(c2ccccc2)C(F)(F)F)c(F)c(F)c1Cl. The van der Waals surface area contributed by atoms with E-state index in [-0.39, 0.29) is 0 Å². The third-order valence-electron chi connectivity index (χ3n) is 2.80. The molecule has 0 heterocycles. The van der Waals surface area contributed by atoms with Gasteiger partial charge in [0.25, 0.3) is 0 Å². The Labute approximate surface area is 130 Å². The molecule has 1 nitrogen and oxygen atoms in total. The summed E-state index contributed by atoms with van der Waals surface area (Å²) in [6, 6.07) is 5.83. The fraction of sp³-hybridized carbons (Fsp3) is 0.143. The fourth-order valence-corrected chi connectivity index (χ4v) is 1.92. The van der Waals surface area contributed by atoms with Crippen molar-refractivity contribution in [2.24, 2.45) is 0 Å². The smallest absolute Gasteiger partial charge is 0.429 e. The maximum absolute atomic E-state index is 13.6. The normalized spacial score (nSPS) is 13.0. The van der Waals surface area contributed by atoms with Gasteiger partial charge in [0, 0.05) is 5.56 Å². The first-order chi connectivity index (χ1) is 10.6. The first-order valence-electron chi connectivity index (χ1n) is 5.94. The average Bonchev–Trinajstić information content (AvgIpc) is 2.51. The Bertz CT molecular complexity index is 686. The summed E-state index contributed by atoms with van der Waals surface area (Å²) in [5.74, 6) is -10.2. The Morgan fingerprint density at radius 1 is 0.826 bits per heavy atom. The average molecular weight is 359 g/mol. The van der Waals surface area contributed by atoms with Crippen molar-refractivity contribution in [1.82, 2.24) is 0 Å². The van der Waals surface area contributed by atoms with Crippen LogP contribution in [0.25, 0.3) is 0 Å². The molecule has 124 valence electrons. The van der Waals surface area contributed by atoms with E-state index in [1.54, 1.807) is 0 Å². The van der Waals surface area contributed by atoms with Gasteiger partial charge in [0.2, 0.25) is 17.7 Å².